The van der Waals surface area contributed by atoms with Crippen LogP contribution in [0.3, 0.4) is 0 Å². The van der Waals surface area contributed by atoms with Crippen LogP contribution in [0.1, 0.15) is 31.4 Å². The van der Waals surface area contributed by atoms with Gasteiger partial charge in [0.25, 0.3) is 0 Å². The second-order valence-corrected chi connectivity index (χ2v) is 7.29. The first kappa shape index (κ1) is 22.1. The molecule has 7 nitrogen and oxygen atoms in total. The molecule has 1 heterocycles. The van der Waals surface area contributed by atoms with Crippen LogP contribution in [0.25, 0.3) is 0 Å². The van der Waals surface area contributed by atoms with Gasteiger partial charge in [-0.2, -0.15) is 5.10 Å². The number of nitrogens with zero attached hydrogens (tertiary/aromatic N) is 1. The Hall–Kier alpha value is -2.61. The van der Waals surface area contributed by atoms with Gasteiger partial charge in [0.05, 0.1) is 32.5 Å². The van der Waals surface area contributed by atoms with Crippen LogP contribution in [0.15, 0.2) is 47.6 Å². The normalized spacial score (nSPS) is 15.3. The fourth-order valence-corrected chi connectivity index (χ4v) is 3.03. The van der Waals surface area contributed by atoms with E-state index in [1.807, 2.05) is 43.3 Å². The van der Waals surface area contributed by atoms with Crippen molar-refractivity contribution < 1.29 is 23.7 Å². The Bertz CT molecular complexity index is 880. The molecule has 0 radical (unpaired) electrons. The zero-order chi connectivity index (χ0) is 21.4. The number of hydrazone groups is 1. The summed E-state index contributed by atoms with van der Waals surface area (Å²) in [5.41, 5.74) is 4.25. The summed E-state index contributed by atoms with van der Waals surface area (Å²) in [6, 6.07) is 12.9. The maximum Gasteiger partial charge on any atom is 0.245 e. The molecule has 2 aromatic rings. The zero-order valence-corrected chi connectivity index (χ0v) is 17.8. The van der Waals surface area contributed by atoms with Crippen LogP contribution < -0.4 is 14.9 Å². The molecule has 1 fully saturated rings. The minimum atomic E-state index is -0.884. The summed E-state index contributed by atoms with van der Waals surface area (Å²) in [5, 5.41) is 4.69. The first-order chi connectivity index (χ1) is 14.5. The summed E-state index contributed by atoms with van der Waals surface area (Å²) in [7, 11) is 0. The summed E-state index contributed by atoms with van der Waals surface area (Å²) in [6.07, 6.45) is 1.62. The van der Waals surface area contributed by atoms with E-state index >= 15 is 0 Å². The molecular weight excluding hydrogens is 408 g/mol. The first-order valence-corrected chi connectivity index (χ1v) is 10.1. The maximum absolute atomic E-state index is 12.0. The van der Waals surface area contributed by atoms with Crippen LogP contribution in [0.2, 0.25) is 5.02 Å². The number of nitrogens with one attached hydrogen (secondary N) is 1. The van der Waals surface area contributed by atoms with Crippen molar-refractivity contribution in [3.05, 3.63) is 58.6 Å². The van der Waals surface area contributed by atoms with Gasteiger partial charge < -0.3 is 18.9 Å². The summed E-state index contributed by atoms with van der Waals surface area (Å²) >= 11 is 5.91. The van der Waals surface area contributed by atoms with Crippen molar-refractivity contribution in [1.82, 2.24) is 5.43 Å². The average molecular weight is 433 g/mol. The summed E-state index contributed by atoms with van der Waals surface area (Å²) in [5.74, 6) is 0.0483. The van der Waals surface area contributed by atoms with Crippen LogP contribution >= 0.6 is 11.6 Å². The number of ether oxygens (including phenoxy) is 4. The number of benzene rings is 2. The van der Waals surface area contributed by atoms with Crippen LogP contribution in [-0.4, -0.2) is 37.7 Å². The average Bonchev–Trinajstić information content (AvgIpc) is 3.14. The van der Waals surface area contributed by atoms with Crippen molar-refractivity contribution in [2.75, 3.05) is 19.8 Å². The van der Waals surface area contributed by atoms with E-state index in [9.17, 15) is 4.79 Å². The lowest BCUT2D eigenvalue weighted by Gasteiger charge is -2.20. The molecule has 0 aliphatic carbocycles. The van der Waals surface area contributed by atoms with Crippen molar-refractivity contribution in [2.45, 2.75) is 32.7 Å². The van der Waals surface area contributed by atoms with Crippen molar-refractivity contribution in [1.29, 1.82) is 0 Å². The van der Waals surface area contributed by atoms with Gasteiger partial charge in [-0.15, -0.1) is 0 Å². The Morgan fingerprint density at radius 1 is 1.17 bits per heavy atom. The predicted octanol–water partition coefficient (Wildman–Crippen LogP) is 3.92. The molecular formula is C22H25ClN2O5. The number of amides is 1. The largest absolute Gasteiger partial charge is 0.490 e. The molecule has 8 heteroatoms. The van der Waals surface area contributed by atoms with Crippen LogP contribution in [0, 0.1) is 0 Å². The molecule has 0 bridgehead atoms. The second-order valence-electron chi connectivity index (χ2n) is 6.86. The molecule has 2 aromatic carbocycles. The van der Waals surface area contributed by atoms with E-state index in [-0.39, 0.29) is 12.3 Å². The quantitative estimate of drug-likeness (QED) is 0.480. The summed E-state index contributed by atoms with van der Waals surface area (Å²) in [4.78, 5) is 12.0. The van der Waals surface area contributed by atoms with Crippen molar-refractivity contribution in [3.8, 4) is 11.5 Å². The van der Waals surface area contributed by atoms with Gasteiger partial charge in [0, 0.05) is 5.02 Å². The molecule has 0 unspecified atom stereocenters. The first-order valence-electron chi connectivity index (χ1n) is 9.71. The number of rotatable bonds is 9. The maximum atomic E-state index is 12.0. The Balaban J connectivity index is 1.58. The molecule has 160 valence electrons. The van der Waals surface area contributed by atoms with E-state index in [1.165, 1.54) is 0 Å². The van der Waals surface area contributed by atoms with Crippen LogP contribution in [0.4, 0.5) is 0 Å². The van der Waals surface area contributed by atoms with Crippen molar-refractivity contribution >= 4 is 23.7 Å². The SMILES string of the molecule is CCOc1cc(/C=N/NC(=O)CC2(C)OCCO2)ccc1OCc1ccc(Cl)cc1. The van der Waals surface area contributed by atoms with E-state index in [2.05, 4.69) is 10.5 Å². The molecule has 0 saturated carbocycles. The van der Waals surface area contributed by atoms with Crippen LogP contribution in [-0.2, 0) is 20.9 Å². The zero-order valence-electron chi connectivity index (χ0n) is 17.0. The lowest BCUT2D eigenvalue weighted by atomic mass is 10.2. The Labute approximate surface area is 180 Å². The molecule has 0 atom stereocenters. The number of hydrogen-bond acceptors (Lipinski definition) is 6. The monoisotopic (exact) mass is 432 g/mol. The number of halogens is 1. The van der Waals surface area contributed by atoms with E-state index in [1.54, 1.807) is 19.2 Å². The van der Waals surface area contributed by atoms with Gasteiger partial charge in [-0.25, -0.2) is 5.43 Å². The fourth-order valence-electron chi connectivity index (χ4n) is 2.90. The third kappa shape index (κ3) is 6.45. The highest BCUT2D eigenvalue weighted by atomic mass is 35.5. The van der Waals surface area contributed by atoms with E-state index in [0.717, 1.165) is 11.1 Å². The standard InChI is InChI=1S/C22H25ClN2O5/c1-3-27-20-12-17(14-24-25-21(26)13-22(2)29-10-11-30-22)6-9-19(20)28-15-16-4-7-18(23)8-5-16/h4-9,12,14H,3,10-11,13,15H2,1-2H3,(H,25,26)/b24-14+. The summed E-state index contributed by atoms with van der Waals surface area (Å²) < 4.78 is 22.4. The molecule has 1 saturated heterocycles. The third-order valence-electron chi connectivity index (χ3n) is 4.36. The molecule has 1 aliphatic heterocycles. The predicted molar refractivity (Wildman–Crippen MR) is 114 cm³/mol. The van der Waals surface area contributed by atoms with Gasteiger partial charge in [0.15, 0.2) is 17.3 Å². The van der Waals surface area contributed by atoms with Crippen LogP contribution in [0.5, 0.6) is 11.5 Å². The molecule has 0 aromatic heterocycles. The molecule has 1 aliphatic rings. The highest BCUT2D eigenvalue weighted by Gasteiger charge is 2.33. The minimum Gasteiger partial charge on any atom is -0.490 e. The lowest BCUT2D eigenvalue weighted by Crippen LogP contribution is -2.33. The van der Waals surface area contributed by atoms with E-state index in [4.69, 9.17) is 30.5 Å². The number of carbonyl (C=O) groups excluding carboxylic acids is 1. The number of hydrogen-bond donors (Lipinski definition) is 1. The van der Waals surface area contributed by atoms with Gasteiger partial charge in [-0.1, -0.05) is 23.7 Å². The highest BCUT2D eigenvalue weighted by molar-refractivity contribution is 6.30. The molecule has 0 spiro atoms. The van der Waals surface area contributed by atoms with E-state index < -0.39 is 5.79 Å². The minimum absolute atomic E-state index is 0.0754. The topological polar surface area (TPSA) is 78.4 Å². The summed E-state index contributed by atoms with van der Waals surface area (Å²) in [6.45, 7) is 5.49. The Morgan fingerprint density at radius 3 is 2.60 bits per heavy atom. The lowest BCUT2D eigenvalue weighted by molar-refractivity contribution is -0.159. The van der Waals surface area contributed by atoms with Gasteiger partial charge in [-0.05, 0) is 55.3 Å². The fraction of sp³-hybridized carbons (Fsp3) is 0.364. The third-order valence-corrected chi connectivity index (χ3v) is 4.61. The van der Waals surface area contributed by atoms with Gasteiger partial charge >= 0.3 is 0 Å². The second kappa shape index (κ2) is 10.4. The smallest absolute Gasteiger partial charge is 0.245 e. The highest BCUT2D eigenvalue weighted by Crippen LogP contribution is 2.29. The molecule has 1 N–H and O–H groups in total. The van der Waals surface area contributed by atoms with Gasteiger partial charge in [0.2, 0.25) is 5.91 Å². The van der Waals surface area contributed by atoms with Crippen molar-refractivity contribution in [3.63, 3.8) is 0 Å². The van der Waals surface area contributed by atoms with E-state index in [0.29, 0.717) is 42.9 Å². The van der Waals surface area contributed by atoms with Gasteiger partial charge in [-0.3, -0.25) is 4.79 Å². The van der Waals surface area contributed by atoms with Crippen molar-refractivity contribution in [2.24, 2.45) is 5.10 Å². The molecule has 1 amide bonds. The molecule has 30 heavy (non-hydrogen) atoms. The number of carbonyl (C=O) groups is 1. The Morgan fingerprint density at radius 2 is 1.90 bits per heavy atom. The molecule has 3 rings (SSSR count). The Kier molecular flexibility index (Phi) is 7.68. The van der Waals surface area contributed by atoms with Gasteiger partial charge in [0.1, 0.15) is 6.61 Å².